The first-order chi connectivity index (χ1) is 11.4. The predicted octanol–water partition coefficient (Wildman–Crippen LogP) is 5.11. The summed E-state index contributed by atoms with van der Waals surface area (Å²) >= 11 is 0. The predicted molar refractivity (Wildman–Crippen MR) is 124 cm³/mol. The highest BCUT2D eigenvalue weighted by atomic mass is 28.5. The third kappa shape index (κ3) is 8.89. The molecule has 0 atom stereocenters. The largest absolute Gasteiger partial charge is 0.637 e. The van der Waals surface area contributed by atoms with Gasteiger partial charge in [-0.05, 0) is 77.2 Å². The lowest BCUT2D eigenvalue weighted by atomic mass is 10.4. The summed E-state index contributed by atoms with van der Waals surface area (Å²) in [5, 5.41) is 1.23. The zero-order valence-electron chi connectivity index (χ0n) is 18.5. The van der Waals surface area contributed by atoms with E-state index in [4.69, 9.17) is 16.5 Å². The molecule has 0 aliphatic heterocycles. The lowest BCUT2D eigenvalue weighted by molar-refractivity contribution is 0.150. The van der Waals surface area contributed by atoms with E-state index < -0.39 is 42.3 Å². The van der Waals surface area contributed by atoms with Crippen molar-refractivity contribution in [3.8, 4) is 0 Å². The van der Waals surface area contributed by atoms with Crippen LogP contribution < -0.4 is 5.19 Å². The SMILES string of the molecule is C[Si](C)(C)O[Si](O[Si](C)(C)C)(O[Si](C)(C)C)O[Si](C)(C)c1ccccc1. The average Bonchev–Trinajstić information content (AvgIpc) is 2.31. The van der Waals surface area contributed by atoms with Crippen molar-refractivity contribution in [2.45, 2.75) is 72.0 Å². The van der Waals surface area contributed by atoms with Crippen LogP contribution in [0.1, 0.15) is 0 Å². The number of hydrogen-bond acceptors (Lipinski definition) is 4. The van der Waals surface area contributed by atoms with Gasteiger partial charge in [-0.25, -0.2) is 0 Å². The first kappa shape index (κ1) is 24.2. The van der Waals surface area contributed by atoms with Crippen molar-refractivity contribution < 1.29 is 16.5 Å². The molecule has 0 aliphatic rings. The summed E-state index contributed by atoms with van der Waals surface area (Å²) in [7, 11) is -11.4. The molecule has 0 saturated heterocycles. The fraction of sp³-hybridized carbons (Fsp3) is 0.647. The zero-order valence-corrected chi connectivity index (χ0v) is 23.5. The molecule has 0 aromatic heterocycles. The lowest BCUT2D eigenvalue weighted by Crippen LogP contribution is -2.67. The topological polar surface area (TPSA) is 36.9 Å². The standard InChI is InChI=1S/C17H38O4Si5/c1-22(2,3)18-26(19-23(4,5)6,20-24(7,8)9)21-25(10,11)17-15-13-12-14-16-17/h12-16H,1-11H3. The van der Waals surface area contributed by atoms with Gasteiger partial charge in [0.2, 0.25) is 8.32 Å². The molecule has 1 aromatic rings. The Morgan fingerprint density at radius 2 is 0.846 bits per heavy atom. The van der Waals surface area contributed by atoms with Gasteiger partial charge in [0.1, 0.15) is 0 Å². The van der Waals surface area contributed by atoms with E-state index in [-0.39, 0.29) is 0 Å². The number of hydrogen-bond donors (Lipinski definition) is 0. The minimum absolute atomic E-state index is 1.23. The Morgan fingerprint density at radius 1 is 0.500 bits per heavy atom. The van der Waals surface area contributed by atoms with E-state index >= 15 is 0 Å². The van der Waals surface area contributed by atoms with Crippen molar-refractivity contribution in [1.82, 2.24) is 0 Å². The van der Waals surface area contributed by atoms with Crippen LogP contribution >= 0.6 is 0 Å². The van der Waals surface area contributed by atoms with Gasteiger partial charge in [0.25, 0.3) is 0 Å². The van der Waals surface area contributed by atoms with Crippen LogP contribution in [0.25, 0.3) is 0 Å². The second-order valence-corrected chi connectivity index (χ2v) is 30.7. The summed E-state index contributed by atoms with van der Waals surface area (Å²) in [5.74, 6) is 0. The third-order valence-electron chi connectivity index (χ3n) is 3.14. The second kappa shape index (κ2) is 8.25. The molecule has 0 heterocycles. The molecule has 0 amide bonds. The molecule has 0 aliphatic carbocycles. The van der Waals surface area contributed by atoms with Gasteiger partial charge in [0, 0.05) is 0 Å². The second-order valence-electron chi connectivity index (χ2n) is 10.1. The first-order valence-corrected chi connectivity index (χ1v) is 24.1. The van der Waals surface area contributed by atoms with Crippen LogP contribution in [-0.2, 0) is 16.5 Å². The highest BCUT2D eigenvalue weighted by Gasteiger charge is 2.56. The molecule has 0 saturated carbocycles. The molecular weight excluding hydrogens is 409 g/mol. The maximum Gasteiger partial charge on any atom is 0.637 e. The van der Waals surface area contributed by atoms with Crippen LogP contribution in [0, 0.1) is 0 Å². The van der Waals surface area contributed by atoms with Gasteiger partial charge in [-0.3, -0.25) is 0 Å². The van der Waals surface area contributed by atoms with Crippen molar-refractivity contribution >= 4 is 47.5 Å². The number of benzene rings is 1. The molecule has 150 valence electrons. The average molecular weight is 447 g/mol. The van der Waals surface area contributed by atoms with Gasteiger partial charge in [-0.15, -0.1) is 0 Å². The van der Waals surface area contributed by atoms with E-state index in [1.54, 1.807) is 0 Å². The van der Waals surface area contributed by atoms with E-state index in [0.717, 1.165) is 0 Å². The van der Waals surface area contributed by atoms with Gasteiger partial charge in [-0.1, -0.05) is 30.3 Å². The zero-order chi connectivity index (χ0) is 20.4. The van der Waals surface area contributed by atoms with Crippen molar-refractivity contribution in [1.29, 1.82) is 0 Å². The molecule has 0 unspecified atom stereocenters. The van der Waals surface area contributed by atoms with Gasteiger partial charge >= 0.3 is 9.05 Å². The van der Waals surface area contributed by atoms with Crippen LogP contribution in [0.15, 0.2) is 30.3 Å². The Labute approximate surface area is 166 Å². The maximum atomic E-state index is 6.86. The fourth-order valence-corrected chi connectivity index (χ4v) is 18.7. The Hall–Kier alpha value is 0.144. The molecule has 0 spiro atoms. The monoisotopic (exact) mass is 446 g/mol. The van der Waals surface area contributed by atoms with E-state index in [2.05, 4.69) is 96.3 Å². The molecule has 1 rings (SSSR count). The van der Waals surface area contributed by atoms with Crippen molar-refractivity contribution in [2.75, 3.05) is 0 Å². The van der Waals surface area contributed by atoms with E-state index in [1.165, 1.54) is 5.19 Å². The van der Waals surface area contributed by atoms with Crippen molar-refractivity contribution in [2.24, 2.45) is 0 Å². The normalized spacial score (nSPS) is 14.6. The Bertz CT molecular complexity index is 533. The van der Waals surface area contributed by atoms with Crippen LogP contribution in [-0.4, -0.2) is 42.3 Å². The Balaban J connectivity index is 3.39. The fourth-order valence-electron chi connectivity index (χ4n) is 2.46. The molecule has 0 radical (unpaired) electrons. The summed E-state index contributed by atoms with van der Waals surface area (Å²) < 4.78 is 26.8. The summed E-state index contributed by atoms with van der Waals surface area (Å²) in [6.07, 6.45) is 0. The van der Waals surface area contributed by atoms with Gasteiger partial charge in [0.15, 0.2) is 25.0 Å². The Kier molecular flexibility index (Phi) is 7.68. The van der Waals surface area contributed by atoms with Crippen molar-refractivity contribution in [3.63, 3.8) is 0 Å². The molecule has 0 N–H and O–H groups in total. The maximum absolute atomic E-state index is 6.86. The van der Waals surface area contributed by atoms with E-state index in [0.29, 0.717) is 0 Å². The quantitative estimate of drug-likeness (QED) is 0.494. The summed E-state index contributed by atoms with van der Waals surface area (Å²) in [4.78, 5) is 0. The Morgan fingerprint density at radius 3 is 1.15 bits per heavy atom. The first-order valence-electron chi connectivity index (χ1n) is 9.29. The van der Waals surface area contributed by atoms with Crippen LogP contribution in [0.4, 0.5) is 0 Å². The minimum Gasteiger partial charge on any atom is -0.396 e. The van der Waals surface area contributed by atoms with Gasteiger partial charge in [-0.2, -0.15) is 0 Å². The molecule has 26 heavy (non-hydrogen) atoms. The molecular formula is C17H38O4Si5. The summed E-state index contributed by atoms with van der Waals surface area (Å²) in [6, 6.07) is 10.4. The highest BCUT2D eigenvalue weighted by Crippen LogP contribution is 2.29. The van der Waals surface area contributed by atoms with Gasteiger partial charge < -0.3 is 16.5 Å². The van der Waals surface area contributed by atoms with E-state index in [1.807, 2.05) is 6.07 Å². The van der Waals surface area contributed by atoms with Crippen LogP contribution in [0.3, 0.4) is 0 Å². The number of rotatable bonds is 9. The molecule has 0 fully saturated rings. The smallest absolute Gasteiger partial charge is 0.396 e. The van der Waals surface area contributed by atoms with Crippen LogP contribution in [0.5, 0.6) is 0 Å². The van der Waals surface area contributed by atoms with Gasteiger partial charge in [0.05, 0.1) is 0 Å². The lowest BCUT2D eigenvalue weighted by Gasteiger charge is -2.44. The van der Waals surface area contributed by atoms with Crippen LogP contribution in [0.2, 0.25) is 72.0 Å². The summed E-state index contributed by atoms with van der Waals surface area (Å²) in [6.45, 7) is 24.0. The summed E-state index contributed by atoms with van der Waals surface area (Å²) in [5.41, 5.74) is 0. The molecule has 0 bridgehead atoms. The van der Waals surface area contributed by atoms with Crippen molar-refractivity contribution in [3.05, 3.63) is 30.3 Å². The molecule has 4 nitrogen and oxygen atoms in total. The third-order valence-corrected chi connectivity index (χ3v) is 18.3. The highest BCUT2D eigenvalue weighted by molar-refractivity contribution is 6.95. The minimum atomic E-state index is -3.27. The molecule has 1 aromatic carbocycles. The molecule has 9 heteroatoms. The van der Waals surface area contributed by atoms with E-state index in [9.17, 15) is 0 Å².